The normalized spacial score (nSPS) is 12.3. The lowest BCUT2D eigenvalue weighted by atomic mass is 10.0. The second-order valence-corrected chi connectivity index (χ2v) is 9.58. The molecule has 1 aromatic heterocycles. The number of nitrogens with zero attached hydrogens (tertiary/aromatic N) is 3. The third kappa shape index (κ3) is 5.57. The zero-order chi connectivity index (χ0) is 25.9. The molecule has 0 spiro atoms. The Morgan fingerprint density at radius 3 is 2.51 bits per heavy atom. The zero-order valence-electron chi connectivity index (χ0n) is 20.4. The zero-order valence-corrected chi connectivity index (χ0v) is 21.2. The van der Waals surface area contributed by atoms with Gasteiger partial charge in [-0.25, -0.2) is 14.6 Å². The highest BCUT2D eigenvalue weighted by atomic mass is 35.5. The van der Waals surface area contributed by atoms with Crippen molar-refractivity contribution in [2.75, 3.05) is 11.9 Å². The maximum absolute atomic E-state index is 13.8. The van der Waals surface area contributed by atoms with E-state index in [1.54, 1.807) is 70.2 Å². The van der Waals surface area contributed by atoms with Crippen molar-refractivity contribution in [3.63, 3.8) is 0 Å². The van der Waals surface area contributed by atoms with Gasteiger partial charge in [-0.15, -0.1) is 0 Å². The number of anilines is 1. The van der Waals surface area contributed by atoms with Crippen LogP contribution in [0.5, 0.6) is 0 Å². The number of urea groups is 1. The molecule has 10 heteroatoms. The summed E-state index contributed by atoms with van der Waals surface area (Å²) in [5.74, 6) is 0.231. The number of nitrogens with one attached hydrogen (secondary N) is 2. The van der Waals surface area contributed by atoms with E-state index in [1.165, 1.54) is 9.47 Å². The third-order valence-electron chi connectivity index (χ3n) is 5.46. The second-order valence-electron chi connectivity index (χ2n) is 9.18. The first-order valence-electron chi connectivity index (χ1n) is 11.3. The van der Waals surface area contributed by atoms with Crippen molar-refractivity contribution in [1.29, 1.82) is 0 Å². The molecule has 1 atom stereocenters. The monoisotopic (exact) mass is 499 g/mol. The molecule has 0 saturated heterocycles. The molecule has 2 aromatic carbocycles. The first-order chi connectivity index (χ1) is 16.5. The van der Waals surface area contributed by atoms with Crippen LogP contribution < -0.4 is 16.2 Å². The number of amides is 3. The van der Waals surface area contributed by atoms with Crippen LogP contribution in [0.1, 0.15) is 52.9 Å². The van der Waals surface area contributed by atoms with Gasteiger partial charge in [0, 0.05) is 17.8 Å². The lowest BCUT2D eigenvalue weighted by Crippen LogP contribution is -2.47. The topological polar surface area (TPSA) is 117 Å². The Hall–Kier alpha value is -3.59. The van der Waals surface area contributed by atoms with Crippen LogP contribution in [0.4, 0.5) is 15.3 Å². The summed E-state index contributed by atoms with van der Waals surface area (Å²) in [4.78, 5) is 44.1. The van der Waals surface area contributed by atoms with Gasteiger partial charge in [0.05, 0.1) is 27.7 Å². The first kappa shape index (κ1) is 26.0. The molecular weight excluding hydrogens is 470 g/mol. The van der Waals surface area contributed by atoms with Crippen LogP contribution in [0.2, 0.25) is 5.02 Å². The fourth-order valence-corrected chi connectivity index (χ4v) is 4.27. The van der Waals surface area contributed by atoms with Crippen LogP contribution in [0.15, 0.2) is 47.3 Å². The van der Waals surface area contributed by atoms with E-state index in [2.05, 4.69) is 10.6 Å². The van der Waals surface area contributed by atoms with Crippen molar-refractivity contribution in [3.8, 4) is 5.69 Å². The molecule has 9 nitrogen and oxygen atoms in total. The number of carboxylic acid groups (broad SMARTS) is 1. The summed E-state index contributed by atoms with van der Waals surface area (Å²) in [6, 6.07) is 10.5. The molecule has 3 aromatic rings. The maximum atomic E-state index is 13.8. The lowest BCUT2D eigenvalue weighted by molar-refractivity contribution is 0.0719. The fourth-order valence-electron chi connectivity index (χ4n) is 4.02. The molecule has 35 heavy (non-hydrogen) atoms. The smallest absolute Gasteiger partial charge is 0.408 e. The standard InChI is InChI=1S/C25H30ClN5O4/c1-6-13-27-23(33)28-16-9-7-10-17(14-16)30-21(15(2)31(24(34)35)25(3,4)5)29-19-12-8-11-18(26)20(19)22(30)32/h7-12,14-15H,6,13H2,1-5H3,(H,34,35)(H2,27,28,33)/t15-/m0/s1. The minimum Gasteiger partial charge on any atom is -0.465 e. The summed E-state index contributed by atoms with van der Waals surface area (Å²) in [7, 11) is 0. The number of carbonyl (C=O) groups excluding carboxylic acids is 1. The van der Waals surface area contributed by atoms with Crippen LogP contribution in [0.3, 0.4) is 0 Å². The molecule has 0 unspecified atom stereocenters. The molecule has 3 rings (SSSR count). The molecule has 3 N–H and O–H groups in total. The number of benzene rings is 2. The van der Waals surface area contributed by atoms with Gasteiger partial charge < -0.3 is 15.7 Å². The highest BCUT2D eigenvalue weighted by Crippen LogP contribution is 2.30. The molecular formula is C25H30ClN5O4. The van der Waals surface area contributed by atoms with E-state index >= 15 is 0 Å². The van der Waals surface area contributed by atoms with Gasteiger partial charge in [0.15, 0.2) is 0 Å². The Kier molecular flexibility index (Phi) is 7.70. The summed E-state index contributed by atoms with van der Waals surface area (Å²) in [5.41, 5.74) is 0.0468. The highest BCUT2D eigenvalue weighted by Gasteiger charge is 2.34. The number of hydrogen-bond donors (Lipinski definition) is 3. The minimum absolute atomic E-state index is 0.224. The molecule has 1 heterocycles. The average molecular weight is 500 g/mol. The molecule has 0 aliphatic rings. The quantitative estimate of drug-likeness (QED) is 0.419. The van der Waals surface area contributed by atoms with E-state index in [9.17, 15) is 19.5 Å². The largest absolute Gasteiger partial charge is 0.465 e. The molecule has 0 aliphatic heterocycles. The Balaban J connectivity index is 2.25. The average Bonchev–Trinajstić information content (AvgIpc) is 2.76. The predicted octanol–water partition coefficient (Wildman–Crippen LogP) is 5.41. The third-order valence-corrected chi connectivity index (χ3v) is 5.78. The number of halogens is 1. The fraction of sp³-hybridized carbons (Fsp3) is 0.360. The van der Waals surface area contributed by atoms with E-state index < -0.39 is 23.2 Å². The van der Waals surface area contributed by atoms with E-state index in [1.807, 2.05) is 6.92 Å². The summed E-state index contributed by atoms with van der Waals surface area (Å²) >= 11 is 6.36. The summed E-state index contributed by atoms with van der Waals surface area (Å²) in [5, 5.41) is 15.9. The van der Waals surface area contributed by atoms with Crippen LogP contribution in [0.25, 0.3) is 16.6 Å². The summed E-state index contributed by atoms with van der Waals surface area (Å²) in [6.07, 6.45) is -0.346. The molecule has 0 radical (unpaired) electrons. The van der Waals surface area contributed by atoms with Gasteiger partial charge in [-0.2, -0.15) is 0 Å². The van der Waals surface area contributed by atoms with Gasteiger partial charge in [-0.05, 0) is 64.4 Å². The summed E-state index contributed by atoms with van der Waals surface area (Å²) < 4.78 is 1.36. The molecule has 0 fully saturated rings. The Morgan fingerprint density at radius 1 is 1.20 bits per heavy atom. The summed E-state index contributed by atoms with van der Waals surface area (Å²) in [6.45, 7) is 9.49. The maximum Gasteiger partial charge on any atom is 0.408 e. The van der Waals surface area contributed by atoms with Gasteiger partial charge >= 0.3 is 12.1 Å². The second kappa shape index (κ2) is 10.4. The first-order valence-corrected chi connectivity index (χ1v) is 11.7. The Morgan fingerprint density at radius 2 is 1.89 bits per heavy atom. The highest BCUT2D eigenvalue weighted by molar-refractivity contribution is 6.35. The molecule has 0 saturated carbocycles. The molecule has 0 bridgehead atoms. The number of hydrogen-bond acceptors (Lipinski definition) is 4. The van der Waals surface area contributed by atoms with Crippen molar-refractivity contribution < 1.29 is 14.7 Å². The number of carbonyl (C=O) groups is 2. The predicted molar refractivity (Wildman–Crippen MR) is 138 cm³/mol. The Bertz CT molecular complexity index is 1320. The van der Waals surface area contributed by atoms with E-state index in [0.29, 0.717) is 23.4 Å². The van der Waals surface area contributed by atoms with Gasteiger partial charge in [-0.3, -0.25) is 14.3 Å². The van der Waals surface area contributed by atoms with Crippen LogP contribution in [-0.2, 0) is 0 Å². The van der Waals surface area contributed by atoms with Gasteiger partial charge in [0.25, 0.3) is 5.56 Å². The van der Waals surface area contributed by atoms with Gasteiger partial charge in [0.1, 0.15) is 5.82 Å². The van der Waals surface area contributed by atoms with Crippen molar-refractivity contribution >= 4 is 40.3 Å². The van der Waals surface area contributed by atoms with Crippen LogP contribution in [0, 0.1) is 0 Å². The van der Waals surface area contributed by atoms with E-state index in [-0.39, 0.29) is 22.3 Å². The van der Waals surface area contributed by atoms with E-state index in [0.717, 1.165) is 6.42 Å². The van der Waals surface area contributed by atoms with Crippen molar-refractivity contribution in [2.45, 2.75) is 52.6 Å². The minimum atomic E-state index is -1.14. The molecule has 3 amide bonds. The van der Waals surface area contributed by atoms with Gasteiger partial charge in [0.2, 0.25) is 0 Å². The van der Waals surface area contributed by atoms with E-state index in [4.69, 9.17) is 16.6 Å². The molecule has 0 aliphatic carbocycles. The number of rotatable bonds is 6. The van der Waals surface area contributed by atoms with Crippen molar-refractivity contribution in [3.05, 3.63) is 63.7 Å². The van der Waals surface area contributed by atoms with Crippen molar-refractivity contribution in [1.82, 2.24) is 19.8 Å². The lowest BCUT2D eigenvalue weighted by Gasteiger charge is -2.38. The van der Waals surface area contributed by atoms with Crippen molar-refractivity contribution in [2.24, 2.45) is 0 Å². The van der Waals surface area contributed by atoms with Crippen LogP contribution >= 0.6 is 11.6 Å². The Labute approximate surface area is 208 Å². The number of fused-ring (bicyclic) bond motifs is 1. The SMILES string of the molecule is CCCNC(=O)Nc1cccc(-n2c([C@H](C)N(C(=O)O)C(C)(C)C)nc3cccc(Cl)c3c2=O)c1. The molecule has 186 valence electrons. The van der Waals surface area contributed by atoms with Crippen LogP contribution in [-0.4, -0.2) is 43.8 Å². The number of aromatic nitrogens is 2. The van der Waals surface area contributed by atoms with Gasteiger partial charge in [-0.1, -0.05) is 30.7 Å².